The molecule has 0 bridgehead atoms. The number of carbonyl (C=O) groups is 2. The van der Waals surface area contributed by atoms with E-state index in [1.165, 1.54) is 4.90 Å². The van der Waals surface area contributed by atoms with Gasteiger partial charge in [-0.2, -0.15) is 0 Å². The van der Waals surface area contributed by atoms with Gasteiger partial charge in [0, 0.05) is 23.6 Å². The summed E-state index contributed by atoms with van der Waals surface area (Å²) in [7, 11) is 0. The zero-order valence-corrected chi connectivity index (χ0v) is 12.9. The van der Waals surface area contributed by atoms with Crippen molar-refractivity contribution in [2.45, 2.75) is 0 Å². The highest BCUT2D eigenvalue weighted by Crippen LogP contribution is 2.11. The quantitative estimate of drug-likeness (QED) is 0.644. The first-order chi connectivity index (χ1) is 11.6. The minimum absolute atomic E-state index is 0.0499. The molecular formula is C16H17N5O3. The van der Waals surface area contributed by atoms with E-state index in [0.717, 1.165) is 5.69 Å². The summed E-state index contributed by atoms with van der Waals surface area (Å²) in [5, 5.41) is 2.51. The van der Waals surface area contributed by atoms with Gasteiger partial charge in [0.15, 0.2) is 5.96 Å². The van der Waals surface area contributed by atoms with Crippen LogP contribution in [-0.4, -0.2) is 47.2 Å². The van der Waals surface area contributed by atoms with E-state index in [1.807, 2.05) is 35.2 Å². The topological polar surface area (TPSA) is 102 Å². The summed E-state index contributed by atoms with van der Waals surface area (Å²) >= 11 is 0. The Bertz CT molecular complexity index is 770. The molecule has 1 aromatic carbocycles. The first-order valence-corrected chi connectivity index (χ1v) is 7.40. The average Bonchev–Trinajstić information content (AvgIpc) is 3.25. The van der Waals surface area contributed by atoms with Crippen LogP contribution >= 0.6 is 0 Å². The maximum absolute atomic E-state index is 12.3. The predicted octanol–water partition coefficient (Wildman–Crippen LogP) is 0.932. The second kappa shape index (κ2) is 6.86. The molecule has 3 N–H and O–H groups in total. The van der Waals surface area contributed by atoms with Gasteiger partial charge in [-0.25, -0.2) is 9.79 Å². The molecule has 1 saturated heterocycles. The third-order valence-electron chi connectivity index (χ3n) is 3.51. The maximum Gasteiger partial charge on any atom is 0.411 e. The fraction of sp³-hybridized carbons (Fsp3) is 0.188. The molecule has 124 valence electrons. The van der Waals surface area contributed by atoms with E-state index in [4.69, 9.17) is 10.5 Å². The monoisotopic (exact) mass is 327 g/mol. The van der Waals surface area contributed by atoms with Crippen LogP contribution in [0.3, 0.4) is 0 Å². The van der Waals surface area contributed by atoms with Gasteiger partial charge in [0.1, 0.15) is 13.3 Å². The standard InChI is InChI=1S/C16H17N5O3/c17-15(18-11-21-8-9-24-16(21)23)19-14(22)12-4-3-5-13(10-12)20-6-1-2-7-20/h1-7,10H,8-9,11H2,(H3,17,18,19,22). The molecule has 3 rings (SSSR count). The fourth-order valence-corrected chi connectivity index (χ4v) is 2.26. The van der Waals surface area contributed by atoms with Crippen LogP contribution in [0.2, 0.25) is 0 Å². The molecule has 2 aromatic rings. The van der Waals surface area contributed by atoms with E-state index < -0.39 is 6.09 Å². The minimum atomic E-state index is -0.433. The number of guanidine groups is 1. The number of nitrogens with one attached hydrogen (secondary N) is 1. The summed E-state index contributed by atoms with van der Waals surface area (Å²) in [5.41, 5.74) is 7.02. The molecule has 1 fully saturated rings. The van der Waals surface area contributed by atoms with E-state index in [-0.39, 0.29) is 18.5 Å². The van der Waals surface area contributed by atoms with Gasteiger partial charge in [-0.3, -0.25) is 15.0 Å². The number of rotatable bonds is 4. The van der Waals surface area contributed by atoms with Crippen LogP contribution in [0, 0.1) is 0 Å². The lowest BCUT2D eigenvalue weighted by Crippen LogP contribution is -2.38. The molecule has 2 amide bonds. The van der Waals surface area contributed by atoms with Gasteiger partial charge >= 0.3 is 6.09 Å². The Morgan fingerprint density at radius 3 is 2.79 bits per heavy atom. The first kappa shape index (κ1) is 15.6. The van der Waals surface area contributed by atoms with Crippen LogP contribution in [0.5, 0.6) is 0 Å². The van der Waals surface area contributed by atoms with Crippen LogP contribution < -0.4 is 11.1 Å². The average molecular weight is 327 g/mol. The second-order valence-electron chi connectivity index (χ2n) is 5.16. The number of benzene rings is 1. The Morgan fingerprint density at radius 2 is 2.08 bits per heavy atom. The molecule has 0 radical (unpaired) electrons. The number of hydrogen-bond donors (Lipinski definition) is 2. The molecule has 1 aliphatic heterocycles. The largest absolute Gasteiger partial charge is 0.447 e. The first-order valence-electron chi connectivity index (χ1n) is 7.40. The van der Waals surface area contributed by atoms with Crippen LogP contribution in [0.1, 0.15) is 10.4 Å². The lowest BCUT2D eigenvalue weighted by molar-refractivity contribution is 0.0976. The molecule has 0 unspecified atom stereocenters. The molecule has 0 atom stereocenters. The number of aliphatic imine (C=N–C) groups is 1. The van der Waals surface area contributed by atoms with E-state index >= 15 is 0 Å². The van der Waals surface area contributed by atoms with Gasteiger partial charge in [-0.05, 0) is 30.3 Å². The van der Waals surface area contributed by atoms with Crippen molar-refractivity contribution in [3.05, 3.63) is 54.4 Å². The van der Waals surface area contributed by atoms with Crippen molar-refractivity contribution in [1.82, 2.24) is 14.8 Å². The highest BCUT2D eigenvalue weighted by atomic mass is 16.6. The van der Waals surface area contributed by atoms with Crippen molar-refractivity contribution in [3.63, 3.8) is 0 Å². The molecule has 0 aliphatic carbocycles. The van der Waals surface area contributed by atoms with E-state index in [1.54, 1.807) is 18.2 Å². The van der Waals surface area contributed by atoms with Crippen molar-refractivity contribution in [3.8, 4) is 5.69 Å². The number of amides is 2. The van der Waals surface area contributed by atoms with E-state index in [0.29, 0.717) is 18.7 Å². The third-order valence-corrected chi connectivity index (χ3v) is 3.51. The lowest BCUT2D eigenvalue weighted by atomic mass is 10.2. The summed E-state index contributed by atoms with van der Waals surface area (Å²) in [6, 6.07) is 10.9. The molecule has 0 spiro atoms. The van der Waals surface area contributed by atoms with Crippen LogP contribution in [0.15, 0.2) is 53.8 Å². The number of nitrogens with two attached hydrogens (primary N) is 1. The SMILES string of the molecule is NC(=NCN1CCOC1=O)NC(=O)c1cccc(-n2cccc2)c1. The minimum Gasteiger partial charge on any atom is -0.447 e. The van der Waals surface area contributed by atoms with Crippen molar-refractivity contribution in [1.29, 1.82) is 0 Å². The number of ether oxygens (including phenoxy) is 1. The Hall–Kier alpha value is -3.29. The van der Waals surface area contributed by atoms with Crippen LogP contribution in [0.4, 0.5) is 4.79 Å². The third kappa shape index (κ3) is 3.54. The summed E-state index contributed by atoms with van der Waals surface area (Å²) in [6.45, 7) is 0.851. The molecular weight excluding hydrogens is 310 g/mol. The predicted molar refractivity (Wildman–Crippen MR) is 87.8 cm³/mol. The van der Waals surface area contributed by atoms with Gasteiger partial charge in [-0.15, -0.1) is 0 Å². The molecule has 0 saturated carbocycles. The van der Waals surface area contributed by atoms with Gasteiger partial charge in [0.2, 0.25) is 0 Å². The summed E-state index contributed by atoms with van der Waals surface area (Å²) in [6.07, 6.45) is 3.35. The molecule has 8 heteroatoms. The highest BCUT2D eigenvalue weighted by molar-refractivity contribution is 6.05. The van der Waals surface area contributed by atoms with Gasteiger partial charge < -0.3 is 15.0 Å². The summed E-state index contributed by atoms with van der Waals surface area (Å²) < 4.78 is 6.68. The molecule has 8 nitrogen and oxygen atoms in total. The molecule has 24 heavy (non-hydrogen) atoms. The number of aromatic nitrogens is 1. The van der Waals surface area contributed by atoms with Gasteiger partial charge in [0.25, 0.3) is 5.91 Å². The zero-order chi connectivity index (χ0) is 16.9. The Labute approximate surface area is 138 Å². The summed E-state index contributed by atoms with van der Waals surface area (Å²) in [5.74, 6) is -0.416. The van der Waals surface area contributed by atoms with Crippen LogP contribution in [0.25, 0.3) is 5.69 Å². The lowest BCUT2D eigenvalue weighted by Gasteiger charge is -2.10. The highest BCUT2D eigenvalue weighted by Gasteiger charge is 2.21. The van der Waals surface area contributed by atoms with Crippen molar-refractivity contribution < 1.29 is 14.3 Å². The van der Waals surface area contributed by atoms with Crippen LogP contribution in [-0.2, 0) is 4.74 Å². The summed E-state index contributed by atoms with van der Waals surface area (Å²) in [4.78, 5) is 28.9. The Morgan fingerprint density at radius 1 is 1.29 bits per heavy atom. The number of hydrogen-bond acceptors (Lipinski definition) is 4. The molecule has 1 aromatic heterocycles. The smallest absolute Gasteiger partial charge is 0.411 e. The number of nitrogens with zero attached hydrogens (tertiary/aromatic N) is 3. The normalized spacial score (nSPS) is 14.6. The molecule has 2 heterocycles. The Balaban J connectivity index is 1.64. The van der Waals surface area contributed by atoms with Crippen molar-refractivity contribution in [2.24, 2.45) is 10.7 Å². The van der Waals surface area contributed by atoms with E-state index in [9.17, 15) is 9.59 Å². The number of cyclic esters (lactones) is 1. The molecule has 1 aliphatic rings. The number of carbonyl (C=O) groups excluding carboxylic acids is 2. The second-order valence-corrected chi connectivity index (χ2v) is 5.16. The van der Waals surface area contributed by atoms with Crippen molar-refractivity contribution >= 4 is 18.0 Å². The van der Waals surface area contributed by atoms with E-state index in [2.05, 4.69) is 10.3 Å². The fourth-order valence-electron chi connectivity index (χ4n) is 2.26. The van der Waals surface area contributed by atoms with Gasteiger partial charge in [-0.1, -0.05) is 6.07 Å². The van der Waals surface area contributed by atoms with Gasteiger partial charge in [0.05, 0.1) is 6.54 Å². The Kier molecular flexibility index (Phi) is 4.46. The zero-order valence-electron chi connectivity index (χ0n) is 12.9. The van der Waals surface area contributed by atoms with Crippen molar-refractivity contribution in [2.75, 3.05) is 19.8 Å². The maximum atomic E-state index is 12.3.